The van der Waals surface area contributed by atoms with Gasteiger partial charge in [0.1, 0.15) is 17.6 Å². The molecule has 4 nitrogen and oxygen atoms in total. The van der Waals surface area contributed by atoms with E-state index in [9.17, 15) is 0 Å². The first kappa shape index (κ1) is 17.3. The van der Waals surface area contributed by atoms with Crippen LogP contribution in [0, 0.1) is 0 Å². The Bertz CT molecular complexity index is 960. The van der Waals surface area contributed by atoms with Gasteiger partial charge in [0, 0.05) is 18.8 Å². The number of hydrogen-bond donors (Lipinski definition) is 1. The molecule has 0 unspecified atom stereocenters. The van der Waals surface area contributed by atoms with E-state index in [1.165, 1.54) is 0 Å². The van der Waals surface area contributed by atoms with Crippen LogP contribution >= 0.6 is 35.4 Å². The van der Waals surface area contributed by atoms with Gasteiger partial charge < -0.3 is 14.6 Å². The van der Waals surface area contributed by atoms with Gasteiger partial charge in [-0.2, -0.15) is 0 Å². The Morgan fingerprint density at radius 3 is 2.73 bits per heavy atom. The molecule has 3 heterocycles. The van der Waals surface area contributed by atoms with Crippen LogP contribution in [0.4, 0.5) is 0 Å². The van der Waals surface area contributed by atoms with E-state index >= 15 is 0 Å². The summed E-state index contributed by atoms with van der Waals surface area (Å²) in [6.07, 6.45) is 1.77. The standard InChI is InChI=1S/C19H15Cl2N3OS/c1-24-18(17(23-19(24)26)13-7-2-3-10-22-13)15-9-8-14(25-15)11-5-4-6-12(20)16(11)21/h2-10,17-18H,1H3,(H,23,26)/t17-,18+/m0/s1. The molecule has 0 bridgehead atoms. The molecule has 2 atom stereocenters. The number of rotatable bonds is 3. The second-order valence-corrected chi connectivity index (χ2v) is 7.21. The highest BCUT2D eigenvalue weighted by molar-refractivity contribution is 7.80. The lowest BCUT2D eigenvalue weighted by molar-refractivity contribution is 0.310. The maximum Gasteiger partial charge on any atom is 0.170 e. The fourth-order valence-corrected chi connectivity index (χ4v) is 3.80. The van der Waals surface area contributed by atoms with Crippen molar-refractivity contribution in [1.82, 2.24) is 15.2 Å². The van der Waals surface area contributed by atoms with E-state index in [0.717, 1.165) is 17.0 Å². The average molecular weight is 404 g/mol. The molecule has 26 heavy (non-hydrogen) atoms. The lowest BCUT2D eigenvalue weighted by Crippen LogP contribution is -2.24. The minimum Gasteiger partial charge on any atom is -0.459 e. The SMILES string of the molecule is CN1C(=S)N[C@@H](c2ccccn2)[C@H]1c1ccc(-c2cccc(Cl)c2Cl)o1. The van der Waals surface area contributed by atoms with E-state index in [1.54, 1.807) is 12.3 Å². The summed E-state index contributed by atoms with van der Waals surface area (Å²) in [5.41, 5.74) is 1.67. The summed E-state index contributed by atoms with van der Waals surface area (Å²) < 4.78 is 6.15. The maximum absolute atomic E-state index is 6.33. The molecule has 1 aromatic carbocycles. The normalized spacial score (nSPS) is 19.7. The number of likely N-dealkylation sites (N-methyl/N-ethyl adjacent to an activating group) is 1. The van der Waals surface area contributed by atoms with Gasteiger partial charge in [0.15, 0.2) is 5.11 Å². The van der Waals surface area contributed by atoms with Crippen LogP contribution in [-0.4, -0.2) is 22.0 Å². The number of halogens is 2. The molecule has 132 valence electrons. The van der Waals surface area contributed by atoms with Crippen LogP contribution in [0.1, 0.15) is 23.5 Å². The molecule has 1 N–H and O–H groups in total. The minimum atomic E-state index is -0.107. The zero-order valence-corrected chi connectivity index (χ0v) is 16.1. The van der Waals surface area contributed by atoms with E-state index in [-0.39, 0.29) is 12.1 Å². The number of hydrogen-bond acceptors (Lipinski definition) is 3. The fourth-order valence-electron chi connectivity index (χ4n) is 3.17. The molecule has 0 radical (unpaired) electrons. The first-order chi connectivity index (χ1) is 12.6. The van der Waals surface area contributed by atoms with Crippen LogP contribution in [0.3, 0.4) is 0 Å². The number of furan rings is 1. The minimum absolute atomic E-state index is 0.0949. The highest BCUT2D eigenvalue weighted by Crippen LogP contribution is 2.41. The molecule has 1 saturated heterocycles. The van der Waals surface area contributed by atoms with Gasteiger partial charge >= 0.3 is 0 Å². The van der Waals surface area contributed by atoms with E-state index < -0.39 is 0 Å². The molecule has 2 aromatic heterocycles. The van der Waals surface area contributed by atoms with Gasteiger partial charge in [-0.1, -0.05) is 35.3 Å². The summed E-state index contributed by atoms with van der Waals surface area (Å²) in [6, 6.07) is 15.0. The summed E-state index contributed by atoms with van der Waals surface area (Å²) in [6.45, 7) is 0. The molecule has 3 aromatic rings. The molecule has 7 heteroatoms. The van der Waals surface area contributed by atoms with E-state index in [0.29, 0.717) is 20.9 Å². The molecule has 1 fully saturated rings. The van der Waals surface area contributed by atoms with E-state index in [4.69, 9.17) is 39.8 Å². The van der Waals surface area contributed by atoms with Gasteiger partial charge in [-0.3, -0.25) is 4.98 Å². The Balaban J connectivity index is 1.73. The Morgan fingerprint density at radius 2 is 1.96 bits per heavy atom. The van der Waals surface area contributed by atoms with Crippen molar-refractivity contribution in [1.29, 1.82) is 0 Å². The number of pyridine rings is 1. The van der Waals surface area contributed by atoms with E-state index in [2.05, 4.69) is 10.3 Å². The van der Waals surface area contributed by atoms with Gasteiger partial charge in [-0.25, -0.2) is 0 Å². The maximum atomic E-state index is 6.33. The molecule has 0 aliphatic carbocycles. The first-order valence-electron chi connectivity index (χ1n) is 8.04. The van der Waals surface area contributed by atoms with Crippen molar-refractivity contribution in [3.05, 3.63) is 76.2 Å². The van der Waals surface area contributed by atoms with Gasteiger partial charge in [-0.15, -0.1) is 0 Å². The molecule has 0 saturated carbocycles. The Morgan fingerprint density at radius 1 is 1.12 bits per heavy atom. The van der Waals surface area contributed by atoms with Gasteiger partial charge in [-0.05, 0) is 48.6 Å². The third kappa shape index (κ3) is 2.96. The lowest BCUT2D eigenvalue weighted by Gasteiger charge is -2.21. The lowest BCUT2D eigenvalue weighted by atomic mass is 10.0. The zero-order valence-electron chi connectivity index (χ0n) is 13.8. The molecule has 0 amide bonds. The fraction of sp³-hybridized carbons (Fsp3) is 0.158. The van der Waals surface area contributed by atoms with Crippen LogP contribution in [0.15, 0.2) is 59.1 Å². The quantitative estimate of drug-likeness (QED) is 0.604. The van der Waals surface area contributed by atoms with Crippen molar-refractivity contribution in [3.8, 4) is 11.3 Å². The van der Waals surface area contributed by atoms with Crippen molar-refractivity contribution in [2.24, 2.45) is 0 Å². The Kier molecular flexibility index (Phi) is 4.61. The highest BCUT2D eigenvalue weighted by Gasteiger charge is 2.39. The molecule has 4 rings (SSSR count). The predicted octanol–water partition coefficient (Wildman–Crippen LogP) is 5.25. The number of thiocarbonyl (C=S) groups is 1. The van der Waals surface area contributed by atoms with Crippen LogP contribution in [-0.2, 0) is 0 Å². The van der Waals surface area contributed by atoms with E-state index in [1.807, 2.05) is 54.4 Å². The number of nitrogens with zero attached hydrogens (tertiary/aromatic N) is 2. The van der Waals surface area contributed by atoms with Gasteiger partial charge in [0.2, 0.25) is 0 Å². The Hall–Kier alpha value is -2.08. The number of aromatic nitrogens is 1. The highest BCUT2D eigenvalue weighted by atomic mass is 35.5. The molecule has 0 spiro atoms. The second-order valence-electron chi connectivity index (χ2n) is 6.04. The number of benzene rings is 1. The largest absolute Gasteiger partial charge is 0.459 e. The van der Waals surface area contributed by atoms with Crippen LogP contribution in [0.25, 0.3) is 11.3 Å². The van der Waals surface area contributed by atoms with Crippen molar-refractivity contribution in [2.75, 3.05) is 7.05 Å². The third-order valence-electron chi connectivity index (χ3n) is 4.47. The summed E-state index contributed by atoms with van der Waals surface area (Å²) >= 11 is 17.9. The molecule has 1 aliphatic heterocycles. The van der Waals surface area contributed by atoms with Gasteiger partial charge in [0.25, 0.3) is 0 Å². The zero-order chi connectivity index (χ0) is 18.3. The summed E-state index contributed by atoms with van der Waals surface area (Å²) in [5.74, 6) is 1.44. The summed E-state index contributed by atoms with van der Waals surface area (Å²) in [4.78, 5) is 6.45. The van der Waals surface area contributed by atoms with Crippen molar-refractivity contribution in [2.45, 2.75) is 12.1 Å². The summed E-state index contributed by atoms with van der Waals surface area (Å²) in [5, 5.41) is 4.95. The van der Waals surface area contributed by atoms with Crippen LogP contribution < -0.4 is 5.32 Å². The Labute approximate surface area is 166 Å². The molecular weight excluding hydrogens is 389 g/mol. The molecule has 1 aliphatic rings. The average Bonchev–Trinajstić information content (AvgIpc) is 3.23. The second kappa shape index (κ2) is 6.91. The topological polar surface area (TPSA) is 41.3 Å². The molecular formula is C19H15Cl2N3OS. The van der Waals surface area contributed by atoms with Crippen molar-refractivity contribution in [3.63, 3.8) is 0 Å². The predicted molar refractivity (Wildman–Crippen MR) is 107 cm³/mol. The van der Waals surface area contributed by atoms with Crippen molar-refractivity contribution >= 4 is 40.5 Å². The number of nitrogens with one attached hydrogen (secondary N) is 1. The third-order valence-corrected chi connectivity index (χ3v) is 5.70. The van der Waals surface area contributed by atoms with Gasteiger partial charge in [0.05, 0.1) is 21.8 Å². The first-order valence-corrected chi connectivity index (χ1v) is 9.21. The summed E-state index contributed by atoms with van der Waals surface area (Å²) in [7, 11) is 1.94. The smallest absolute Gasteiger partial charge is 0.170 e. The van der Waals surface area contributed by atoms with Crippen LogP contribution in [0.2, 0.25) is 10.0 Å². The van der Waals surface area contributed by atoms with Crippen LogP contribution in [0.5, 0.6) is 0 Å². The monoisotopic (exact) mass is 403 g/mol. The van der Waals surface area contributed by atoms with Crippen molar-refractivity contribution < 1.29 is 4.42 Å².